The summed E-state index contributed by atoms with van der Waals surface area (Å²) in [5.41, 5.74) is 1.64. The summed E-state index contributed by atoms with van der Waals surface area (Å²) in [7, 11) is 3.58. The Balaban J connectivity index is 2.08. The van der Waals surface area contributed by atoms with Crippen molar-refractivity contribution >= 4 is 23.1 Å². The zero-order chi connectivity index (χ0) is 14.9. The van der Waals surface area contributed by atoms with Gasteiger partial charge in [-0.1, -0.05) is 0 Å². The van der Waals surface area contributed by atoms with Crippen LogP contribution in [0.2, 0.25) is 0 Å². The summed E-state index contributed by atoms with van der Waals surface area (Å²) in [5, 5.41) is 7.86. The molecular weight excluding hydrogens is 274 g/mol. The number of thiazole rings is 1. The van der Waals surface area contributed by atoms with Gasteiger partial charge >= 0.3 is 6.03 Å². The smallest absolute Gasteiger partial charge is 0.319 e. The third kappa shape index (κ3) is 2.98. The van der Waals surface area contributed by atoms with E-state index in [4.69, 9.17) is 0 Å². The van der Waals surface area contributed by atoms with Crippen LogP contribution in [0.5, 0.6) is 0 Å². The van der Waals surface area contributed by atoms with Crippen LogP contribution in [0.15, 0.2) is 12.4 Å². The van der Waals surface area contributed by atoms with Crippen molar-refractivity contribution in [1.29, 1.82) is 0 Å². The highest BCUT2D eigenvalue weighted by Crippen LogP contribution is 2.26. The lowest BCUT2D eigenvalue weighted by atomic mass is 10.2. The Bertz CT molecular complexity index is 618. The molecule has 2 rings (SSSR count). The lowest BCUT2D eigenvalue weighted by molar-refractivity contribution is 0.207. The number of rotatable bonds is 3. The molecule has 20 heavy (non-hydrogen) atoms. The van der Waals surface area contributed by atoms with Gasteiger partial charge in [-0.25, -0.2) is 9.78 Å². The highest BCUT2D eigenvalue weighted by molar-refractivity contribution is 7.11. The molecule has 2 heterocycles. The van der Waals surface area contributed by atoms with Crippen LogP contribution < -0.4 is 5.32 Å². The maximum Gasteiger partial charge on any atom is 0.322 e. The van der Waals surface area contributed by atoms with Gasteiger partial charge in [-0.3, -0.25) is 4.68 Å². The Morgan fingerprint density at radius 1 is 1.50 bits per heavy atom. The van der Waals surface area contributed by atoms with Gasteiger partial charge in [0.1, 0.15) is 0 Å². The van der Waals surface area contributed by atoms with E-state index >= 15 is 0 Å². The van der Waals surface area contributed by atoms with E-state index in [0.717, 1.165) is 15.6 Å². The number of carbonyl (C=O) groups is 1. The molecule has 1 N–H and O–H groups in total. The second kappa shape index (κ2) is 5.62. The minimum Gasteiger partial charge on any atom is -0.319 e. The first kappa shape index (κ1) is 14.5. The number of aromatic nitrogens is 3. The van der Waals surface area contributed by atoms with Crippen molar-refractivity contribution < 1.29 is 4.79 Å². The average molecular weight is 293 g/mol. The van der Waals surface area contributed by atoms with Crippen LogP contribution in [0.3, 0.4) is 0 Å². The molecule has 0 spiro atoms. The molecule has 0 saturated carbocycles. The monoisotopic (exact) mass is 293 g/mol. The molecule has 0 fully saturated rings. The SMILES string of the molecule is Cc1nc([C@H](C)N(C)C(=O)Nc2cnn(C)c2)c(C)s1. The van der Waals surface area contributed by atoms with E-state index < -0.39 is 0 Å². The molecule has 2 amide bonds. The molecule has 0 unspecified atom stereocenters. The van der Waals surface area contributed by atoms with Crippen molar-refractivity contribution in [3.05, 3.63) is 28.0 Å². The Labute approximate surface area is 122 Å². The zero-order valence-corrected chi connectivity index (χ0v) is 13.2. The first-order chi connectivity index (χ1) is 9.38. The van der Waals surface area contributed by atoms with Crippen LogP contribution in [0.25, 0.3) is 0 Å². The summed E-state index contributed by atoms with van der Waals surface area (Å²) < 4.78 is 1.65. The molecule has 6 nitrogen and oxygen atoms in total. The predicted octanol–water partition coefficient (Wildman–Crippen LogP) is 2.72. The van der Waals surface area contributed by atoms with E-state index in [1.165, 1.54) is 0 Å². The number of anilines is 1. The highest BCUT2D eigenvalue weighted by Gasteiger charge is 2.21. The van der Waals surface area contributed by atoms with Crippen LogP contribution in [0, 0.1) is 13.8 Å². The first-order valence-electron chi connectivity index (χ1n) is 6.35. The summed E-state index contributed by atoms with van der Waals surface area (Å²) >= 11 is 1.65. The van der Waals surface area contributed by atoms with Gasteiger partial charge in [0.25, 0.3) is 0 Å². The third-order valence-corrected chi connectivity index (χ3v) is 4.09. The van der Waals surface area contributed by atoms with E-state index in [9.17, 15) is 4.79 Å². The fraction of sp³-hybridized carbons (Fsp3) is 0.462. The molecule has 0 radical (unpaired) electrons. The van der Waals surface area contributed by atoms with Crippen molar-refractivity contribution in [1.82, 2.24) is 19.7 Å². The number of hydrogen-bond donors (Lipinski definition) is 1. The summed E-state index contributed by atoms with van der Waals surface area (Å²) in [6.07, 6.45) is 3.38. The van der Waals surface area contributed by atoms with Gasteiger partial charge in [-0.2, -0.15) is 5.10 Å². The molecule has 2 aromatic rings. The van der Waals surface area contributed by atoms with Crippen LogP contribution in [-0.2, 0) is 7.05 Å². The maximum atomic E-state index is 12.2. The quantitative estimate of drug-likeness (QED) is 0.946. The fourth-order valence-corrected chi connectivity index (χ4v) is 2.90. The molecular formula is C13H19N5OS. The Kier molecular flexibility index (Phi) is 4.08. The average Bonchev–Trinajstić information content (AvgIpc) is 2.93. The number of urea groups is 1. The number of carbonyl (C=O) groups excluding carboxylic acids is 1. The molecule has 0 aliphatic carbocycles. The lowest BCUT2D eigenvalue weighted by Gasteiger charge is -2.24. The molecule has 1 atom stereocenters. The highest BCUT2D eigenvalue weighted by atomic mass is 32.1. The van der Waals surface area contributed by atoms with Crippen molar-refractivity contribution in [3.8, 4) is 0 Å². The Hall–Kier alpha value is -1.89. The van der Waals surface area contributed by atoms with Gasteiger partial charge < -0.3 is 10.2 Å². The standard InChI is InChI=1S/C13H19N5OS/c1-8(12-9(2)20-10(3)15-12)18(5)13(19)16-11-6-14-17(4)7-11/h6-8H,1-5H3,(H,16,19)/t8-/m0/s1. The van der Waals surface area contributed by atoms with Gasteiger partial charge in [-0.15, -0.1) is 11.3 Å². The first-order valence-corrected chi connectivity index (χ1v) is 7.16. The summed E-state index contributed by atoms with van der Waals surface area (Å²) in [6, 6.07) is -0.243. The van der Waals surface area contributed by atoms with Crippen LogP contribution in [0.1, 0.15) is 28.5 Å². The van der Waals surface area contributed by atoms with E-state index in [1.807, 2.05) is 27.8 Å². The predicted molar refractivity (Wildman–Crippen MR) is 80.0 cm³/mol. The number of hydrogen-bond acceptors (Lipinski definition) is 4. The van der Waals surface area contributed by atoms with E-state index in [2.05, 4.69) is 15.4 Å². The minimum absolute atomic E-state index is 0.0726. The van der Waals surface area contributed by atoms with E-state index in [-0.39, 0.29) is 12.1 Å². The third-order valence-electron chi connectivity index (χ3n) is 3.19. The van der Waals surface area contributed by atoms with Gasteiger partial charge in [0.2, 0.25) is 0 Å². The van der Waals surface area contributed by atoms with Crippen molar-refractivity contribution in [3.63, 3.8) is 0 Å². The molecule has 0 saturated heterocycles. The fourth-order valence-electron chi connectivity index (χ4n) is 1.99. The van der Waals surface area contributed by atoms with Gasteiger partial charge in [-0.05, 0) is 20.8 Å². The van der Waals surface area contributed by atoms with Crippen LogP contribution in [-0.4, -0.2) is 32.7 Å². The van der Waals surface area contributed by atoms with Crippen molar-refractivity contribution in [2.45, 2.75) is 26.8 Å². The van der Waals surface area contributed by atoms with Crippen LogP contribution in [0.4, 0.5) is 10.5 Å². The Morgan fingerprint density at radius 3 is 2.70 bits per heavy atom. The summed E-state index contributed by atoms with van der Waals surface area (Å²) in [6.45, 7) is 5.98. The molecule has 0 aliphatic heterocycles. The molecule has 108 valence electrons. The summed E-state index contributed by atoms with van der Waals surface area (Å²) in [4.78, 5) is 19.5. The second-order valence-electron chi connectivity index (χ2n) is 4.79. The summed E-state index contributed by atoms with van der Waals surface area (Å²) in [5.74, 6) is 0. The number of amides is 2. The normalized spacial score (nSPS) is 12.2. The van der Waals surface area contributed by atoms with Gasteiger partial charge in [0.15, 0.2) is 0 Å². The van der Waals surface area contributed by atoms with Gasteiger partial charge in [0, 0.05) is 25.2 Å². The molecule has 0 aromatic carbocycles. The van der Waals surface area contributed by atoms with Crippen LogP contribution >= 0.6 is 11.3 Å². The molecule has 2 aromatic heterocycles. The lowest BCUT2D eigenvalue weighted by Crippen LogP contribution is -2.33. The van der Waals surface area contributed by atoms with E-state index in [0.29, 0.717) is 5.69 Å². The Morgan fingerprint density at radius 2 is 2.20 bits per heavy atom. The van der Waals surface area contributed by atoms with E-state index in [1.54, 1.807) is 40.4 Å². The van der Waals surface area contributed by atoms with Crippen molar-refractivity contribution in [2.75, 3.05) is 12.4 Å². The molecule has 7 heteroatoms. The zero-order valence-electron chi connectivity index (χ0n) is 12.3. The maximum absolute atomic E-state index is 12.2. The largest absolute Gasteiger partial charge is 0.322 e. The molecule has 0 aliphatic rings. The molecule has 0 bridgehead atoms. The minimum atomic E-state index is -0.171. The number of aryl methyl sites for hydroxylation is 3. The van der Waals surface area contributed by atoms with Crippen molar-refractivity contribution in [2.24, 2.45) is 7.05 Å². The number of nitrogens with one attached hydrogen (secondary N) is 1. The second-order valence-corrected chi connectivity index (χ2v) is 6.20. The topological polar surface area (TPSA) is 63.1 Å². The van der Waals surface area contributed by atoms with Gasteiger partial charge in [0.05, 0.1) is 28.6 Å². The number of nitrogens with zero attached hydrogens (tertiary/aromatic N) is 4.